The van der Waals surface area contributed by atoms with Gasteiger partial charge in [-0.05, 0) is 56.2 Å². The van der Waals surface area contributed by atoms with E-state index < -0.39 is 5.97 Å². The van der Waals surface area contributed by atoms with Gasteiger partial charge in [-0.25, -0.2) is 0 Å². The van der Waals surface area contributed by atoms with E-state index in [-0.39, 0.29) is 18.1 Å². The topological polar surface area (TPSA) is 55.8 Å². The lowest BCUT2D eigenvalue weighted by Crippen LogP contribution is -2.28. The fourth-order valence-corrected chi connectivity index (χ4v) is 4.31. The zero-order valence-corrected chi connectivity index (χ0v) is 15.8. The predicted molar refractivity (Wildman–Crippen MR) is 104 cm³/mol. The maximum atomic E-state index is 11.1. The second-order valence-electron chi connectivity index (χ2n) is 7.34. The van der Waals surface area contributed by atoms with Crippen molar-refractivity contribution in [2.75, 3.05) is 0 Å². The third-order valence-corrected chi connectivity index (χ3v) is 5.99. The standard InChI is InChI=1S/C22H23ClO4/c23-21-17-10-11-18(14-4-2-1-3-5-14)27-19(17)12-13-20(21)26-16-8-6-15(7-9-16)22(24)25/h1-5,12-13,15-16,18H,6-11H2,(H,24,25). The first-order valence-electron chi connectivity index (χ1n) is 9.54. The summed E-state index contributed by atoms with van der Waals surface area (Å²) < 4.78 is 12.3. The maximum Gasteiger partial charge on any atom is 0.306 e. The van der Waals surface area contributed by atoms with E-state index in [1.807, 2.05) is 30.3 Å². The van der Waals surface area contributed by atoms with Crippen LogP contribution in [0.3, 0.4) is 0 Å². The molecule has 0 saturated heterocycles. The summed E-state index contributed by atoms with van der Waals surface area (Å²) in [5.41, 5.74) is 2.18. The summed E-state index contributed by atoms with van der Waals surface area (Å²) in [7, 11) is 0. The van der Waals surface area contributed by atoms with Crippen LogP contribution in [-0.2, 0) is 11.2 Å². The Balaban J connectivity index is 1.45. The maximum absolute atomic E-state index is 11.1. The molecule has 27 heavy (non-hydrogen) atoms. The van der Waals surface area contributed by atoms with Crippen molar-refractivity contribution in [3.05, 3.63) is 58.6 Å². The van der Waals surface area contributed by atoms with Crippen LogP contribution in [0.25, 0.3) is 0 Å². The number of fused-ring (bicyclic) bond motifs is 1. The van der Waals surface area contributed by atoms with Crippen LogP contribution < -0.4 is 9.47 Å². The summed E-state index contributed by atoms with van der Waals surface area (Å²) in [6.07, 6.45) is 4.61. The van der Waals surface area contributed by atoms with Gasteiger partial charge in [-0.1, -0.05) is 41.9 Å². The number of carboxylic acid groups (broad SMARTS) is 1. The molecule has 5 heteroatoms. The van der Waals surface area contributed by atoms with Gasteiger partial charge in [-0.15, -0.1) is 0 Å². The van der Waals surface area contributed by atoms with Gasteiger partial charge in [0.25, 0.3) is 0 Å². The van der Waals surface area contributed by atoms with Gasteiger partial charge < -0.3 is 14.6 Å². The molecule has 1 saturated carbocycles. The molecule has 0 bridgehead atoms. The van der Waals surface area contributed by atoms with Gasteiger partial charge in [0.05, 0.1) is 17.0 Å². The van der Waals surface area contributed by atoms with E-state index in [1.165, 1.54) is 5.56 Å². The van der Waals surface area contributed by atoms with Crippen LogP contribution in [0.2, 0.25) is 5.02 Å². The normalized spacial score (nSPS) is 24.6. The fourth-order valence-electron chi connectivity index (χ4n) is 4.01. The zero-order valence-electron chi connectivity index (χ0n) is 15.1. The molecule has 2 aromatic rings. The van der Waals surface area contributed by atoms with Crippen molar-refractivity contribution < 1.29 is 19.4 Å². The lowest BCUT2D eigenvalue weighted by molar-refractivity contribution is -0.143. The Morgan fingerprint density at radius 3 is 2.48 bits per heavy atom. The quantitative estimate of drug-likeness (QED) is 0.761. The lowest BCUT2D eigenvalue weighted by atomic mass is 9.87. The van der Waals surface area contributed by atoms with Gasteiger partial charge in [-0.3, -0.25) is 4.79 Å². The molecule has 1 N–H and O–H groups in total. The average Bonchev–Trinajstić information content (AvgIpc) is 2.71. The first-order valence-corrected chi connectivity index (χ1v) is 9.92. The molecule has 0 radical (unpaired) electrons. The van der Waals surface area contributed by atoms with E-state index >= 15 is 0 Å². The van der Waals surface area contributed by atoms with Crippen LogP contribution in [-0.4, -0.2) is 17.2 Å². The highest BCUT2D eigenvalue weighted by molar-refractivity contribution is 6.33. The Labute approximate surface area is 164 Å². The second-order valence-corrected chi connectivity index (χ2v) is 7.72. The lowest BCUT2D eigenvalue weighted by Gasteiger charge is -2.30. The molecule has 1 aliphatic carbocycles. The Hall–Kier alpha value is -2.20. The van der Waals surface area contributed by atoms with Crippen LogP contribution in [0.1, 0.15) is 49.3 Å². The van der Waals surface area contributed by atoms with Crippen LogP contribution in [0.5, 0.6) is 11.5 Å². The molecule has 0 spiro atoms. The predicted octanol–water partition coefficient (Wildman–Crippen LogP) is 5.43. The van der Waals surface area contributed by atoms with Gasteiger partial charge in [0.2, 0.25) is 0 Å². The molecule has 1 heterocycles. The smallest absolute Gasteiger partial charge is 0.306 e. The van der Waals surface area contributed by atoms with Gasteiger partial charge in [0.15, 0.2) is 0 Å². The minimum atomic E-state index is -0.703. The third kappa shape index (κ3) is 3.91. The highest BCUT2D eigenvalue weighted by Gasteiger charge is 2.29. The molecule has 4 rings (SSSR count). The first-order chi connectivity index (χ1) is 13.1. The van der Waals surface area contributed by atoms with E-state index in [9.17, 15) is 4.79 Å². The molecule has 0 amide bonds. The van der Waals surface area contributed by atoms with E-state index in [1.54, 1.807) is 0 Å². The number of carboxylic acids is 1. The number of benzene rings is 2. The van der Waals surface area contributed by atoms with E-state index in [0.717, 1.165) is 37.0 Å². The van der Waals surface area contributed by atoms with Crippen molar-refractivity contribution >= 4 is 17.6 Å². The van der Waals surface area contributed by atoms with Gasteiger partial charge in [0, 0.05) is 5.56 Å². The van der Waals surface area contributed by atoms with Gasteiger partial charge in [0.1, 0.15) is 17.6 Å². The number of carbonyl (C=O) groups is 1. The number of hydrogen-bond donors (Lipinski definition) is 1. The summed E-state index contributed by atoms with van der Waals surface area (Å²) in [4.78, 5) is 11.1. The summed E-state index contributed by atoms with van der Waals surface area (Å²) in [5.74, 6) is 0.551. The summed E-state index contributed by atoms with van der Waals surface area (Å²) in [6, 6.07) is 14.0. The first kappa shape index (κ1) is 18.2. The number of rotatable bonds is 4. The van der Waals surface area contributed by atoms with Crippen LogP contribution >= 0.6 is 11.6 Å². The molecular weight excluding hydrogens is 364 g/mol. The minimum absolute atomic E-state index is 0.0257. The number of aliphatic carboxylic acids is 1. The van der Waals surface area contributed by atoms with Gasteiger partial charge >= 0.3 is 5.97 Å². The monoisotopic (exact) mass is 386 g/mol. The van der Waals surface area contributed by atoms with E-state index in [0.29, 0.717) is 23.6 Å². The molecule has 1 unspecified atom stereocenters. The van der Waals surface area contributed by atoms with Crippen molar-refractivity contribution in [2.24, 2.45) is 5.92 Å². The molecule has 1 atom stereocenters. The Bertz CT molecular complexity index is 813. The minimum Gasteiger partial charge on any atom is -0.489 e. The van der Waals surface area contributed by atoms with E-state index in [2.05, 4.69) is 12.1 Å². The fraction of sp³-hybridized carbons (Fsp3) is 0.409. The molecule has 2 aliphatic rings. The van der Waals surface area contributed by atoms with Crippen LogP contribution in [0, 0.1) is 5.92 Å². The summed E-state index contributed by atoms with van der Waals surface area (Å²) in [6.45, 7) is 0. The van der Waals surface area contributed by atoms with Crippen molar-refractivity contribution in [2.45, 2.75) is 50.7 Å². The SMILES string of the molecule is O=C(O)C1CCC(Oc2ccc3c(c2Cl)CCC(c2ccccc2)O3)CC1. The number of halogens is 1. The largest absolute Gasteiger partial charge is 0.489 e. The highest BCUT2D eigenvalue weighted by Crippen LogP contribution is 2.43. The Morgan fingerprint density at radius 1 is 1.04 bits per heavy atom. The molecule has 1 fully saturated rings. The third-order valence-electron chi connectivity index (χ3n) is 5.58. The molecular formula is C22H23ClO4. The average molecular weight is 387 g/mol. The molecule has 1 aliphatic heterocycles. The van der Waals surface area contributed by atoms with Crippen molar-refractivity contribution in [3.8, 4) is 11.5 Å². The molecule has 0 aromatic heterocycles. The highest BCUT2D eigenvalue weighted by atomic mass is 35.5. The second kappa shape index (κ2) is 7.81. The number of hydrogen-bond acceptors (Lipinski definition) is 3. The Morgan fingerprint density at radius 2 is 1.78 bits per heavy atom. The molecule has 2 aromatic carbocycles. The van der Waals surface area contributed by atoms with Crippen molar-refractivity contribution in [1.29, 1.82) is 0 Å². The van der Waals surface area contributed by atoms with Crippen LogP contribution in [0.15, 0.2) is 42.5 Å². The van der Waals surface area contributed by atoms with Crippen molar-refractivity contribution in [3.63, 3.8) is 0 Å². The Kier molecular flexibility index (Phi) is 5.26. The van der Waals surface area contributed by atoms with E-state index in [4.69, 9.17) is 26.2 Å². The summed E-state index contributed by atoms with van der Waals surface area (Å²) >= 11 is 6.62. The zero-order chi connectivity index (χ0) is 18.8. The van der Waals surface area contributed by atoms with Crippen molar-refractivity contribution in [1.82, 2.24) is 0 Å². The van der Waals surface area contributed by atoms with Crippen LogP contribution in [0.4, 0.5) is 0 Å². The molecule has 4 nitrogen and oxygen atoms in total. The number of ether oxygens (including phenoxy) is 2. The molecule has 142 valence electrons. The van der Waals surface area contributed by atoms with Gasteiger partial charge in [-0.2, -0.15) is 0 Å². The summed E-state index contributed by atoms with van der Waals surface area (Å²) in [5, 5.41) is 9.74.